The van der Waals surface area contributed by atoms with Crippen molar-refractivity contribution in [2.45, 2.75) is 0 Å². The minimum absolute atomic E-state index is 0. The van der Waals surface area contributed by atoms with Gasteiger partial charge in [-0.25, -0.2) is 0 Å². The monoisotopic (exact) mass is 233 g/mol. The molecular weight excluding hydrogens is 227 g/mol. The summed E-state index contributed by atoms with van der Waals surface area (Å²) in [5.74, 6) is 0. The van der Waals surface area contributed by atoms with Gasteiger partial charge < -0.3 is 9.20 Å². The van der Waals surface area contributed by atoms with E-state index in [0.717, 1.165) is 5.52 Å². The topological polar surface area (TPSA) is 21.5 Å². The number of fused-ring (bicyclic) bond motifs is 1. The Bertz CT molecular complexity index is 394. The van der Waals surface area contributed by atoms with Crippen molar-refractivity contribution >= 4 is 11.8 Å². The third-order valence-electron chi connectivity index (χ3n) is 1.64. The van der Waals surface area contributed by atoms with Crippen LogP contribution >= 0.6 is 0 Å². The average Bonchev–Trinajstić information content (AvgIpc) is 2.50. The summed E-state index contributed by atoms with van der Waals surface area (Å²) in [4.78, 5) is 10.2. The van der Waals surface area contributed by atoms with Crippen LogP contribution in [0.15, 0.2) is 36.7 Å². The molecule has 2 rings (SSSR count). The Morgan fingerprint density at radius 2 is 2.08 bits per heavy atom. The number of aromatic nitrogens is 1. The molecule has 0 spiro atoms. The molecule has 12 heavy (non-hydrogen) atoms. The number of pyridine rings is 1. The largest absolute Gasteiger partial charge is 0.379 e. The number of rotatable bonds is 1. The number of hydrogen-bond acceptors (Lipinski definition) is 1. The molecule has 0 saturated heterocycles. The van der Waals surface area contributed by atoms with E-state index >= 15 is 0 Å². The van der Waals surface area contributed by atoms with Gasteiger partial charge in [0.05, 0.1) is 6.29 Å². The Hall–Kier alpha value is -0.466. The van der Waals surface area contributed by atoms with Gasteiger partial charge in [0.25, 0.3) is 0 Å². The second kappa shape index (κ2) is 3.97. The maximum Gasteiger partial charge on any atom is 0.0641 e. The smallest absolute Gasteiger partial charge is 0.0641 e. The number of nitrogens with zero attached hydrogens (tertiary/aromatic N) is 1. The maximum atomic E-state index is 10.2. The predicted octanol–water partition coefficient (Wildman–Crippen LogP) is 1.39. The summed E-state index contributed by atoms with van der Waals surface area (Å²) in [6, 6.07) is 7.56. The fourth-order valence-electron chi connectivity index (χ4n) is 1.09. The van der Waals surface area contributed by atoms with Crippen molar-refractivity contribution < 1.29 is 37.5 Å². The van der Waals surface area contributed by atoms with E-state index in [1.165, 1.54) is 0 Å². The Morgan fingerprint density at radius 3 is 2.83 bits per heavy atom. The third-order valence-corrected chi connectivity index (χ3v) is 1.64. The SMILES string of the molecule is O=[C-]c1ccc2cccn2c1.[Y]. The minimum atomic E-state index is 0. The molecule has 0 N–H and O–H groups in total. The molecule has 0 atom stereocenters. The summed E-state index contributed by atoms with van der Waals surface area (Å²) < 4.78 is 1.89. The zero-order valence-electron chi connectivity index (χ0n) is 6.40. The van der Waals surface area contributed by atoms with Crippen molar-refractivity contribution in [3.63, 3.8) is 0 Å². The molecular formula is C9H6NOY-. The van der Waals surface area contributed by atoms with Gasteiger partial charge in [-0.2, -0.15) is 6.07 Å². The second-order valence-electron chi connectivity index (χ2n) is 2.36. The molecule has 0 unspecified atom stereocenters. The van der Waals surface area contributed by atoms with Crippen LogP contribution in [-0.4, -0.2) is 10.7 Å². The summed E-state index contributed by atoms with van der Waals surface area (Å²) in [5.41, 5.74) is 1.66. The van der Waals surface area contributed by atoms with Crippen LogP contribution in [0, 0.1) is 0 Å². The van der Waals surface area contributed by atoms with E-state index in [-0.39, 0.29) is 32.7 Å². The van der Waals surface area contributed by atoms with E-state index in [9.17, 15) is 4.79 Å². The first-order chi connectivity index (χ1) is 5.40. The molecule has 0 amide bonds. The quantitative estimate of drug-likeness (QED) is 0.682. The summed E-state index contributed by atoms with van der Waals surface area (Å²) in [6.07, 6.45) is 5.49. The van der Waals surface area contributed by atoms with E-state index in [0.29, 0.717) is 5.56 Å². The molecule has 1 radical (unpaired) electrons. The van der Waals surface area contributed by atoms with Crippen LogP contribution in [0.25, 0.3) is 5.52 Å². The van der Waals surface area contributed by atoms with Crippen LogP contribution in [0.2, 0.25) is 0 Å². The molecule has 0 aliphatic carbocycles. The summed E-state index contributed by atoms with van der Waals surface area (Å²) >= 11 is 0. The van der Waals surface area contributed by atoms with Gasteiger partial charge in [0.15, 0.2) is 0 Å². The van der Waals surface area contributed by atoms with Gasteiger partial charge >= 0.3 is 0 Å². The number of carbonyl (C=O) groups excluding carboxylic acids is 1. The molecule has 0 aliphatic heterocycles. The van der Waals surface area contributed by atoms with Crippen LogP contribution in [0.5, 0.6) is 0 Å². The van der Waals surface area contributed by atoms with Gasteiger partial charge in [-0.1, -0.05) is 12.3 Å². The second-order valence-corrected chi connectivity index (χ2v) is 2.36. The molecule has 0 aromatic carbocycles. The van der Waals surface area contributed by atoms with Crippen LogP contribution < -0.4 is 0 Å². The zero-order valence-corrected chi connectivity index (χ0v) is 9.24. The van der Waals surface area contributed by atoms with Crippen molar-refractivity contribution in [1.82, 2.24) is 4.40 Å². The third kappa shape index (κ3) is 1.65. The summed E-state index contributed by atoms with van der Waals surface area (Å²) in [6.45, 7) is 0. The van der Waals surface area contributed by atoms with E-state index < -0.39 is 0 Å². The molecule has 2 nitrogen and oxygen atoms in total. The summed E-state index contributed by atoms with van der Waals surface area (Å²) in [5, 5.41) is 0. The molecule has 2 aromatic rings. The Balaban J connectivity index is 0.000000720. The number of hydrogen-bond donors (Lipinski definition) is 0. The summed E-state index contributed by atoms with van der Waals surface area (Å²) in [7, 11) is 0. The van der Waals surface area contributed by atoms with Gasteiger partial charge in [0, 0.05) is 38.2 Å². The predicted molar refractivity (Wildman–Crippen MR) is 42.2 cm³/mol. The molecule has 2 heterocycles. The van der Waals surface area contributed by atoms with Crippen molar-refractivity contribution in [2.24, 2.45) is 0 Å². The maximum absolute atomic E-state index is 10.2. The van der Waals surface area contributed by atoms with Crippen molar-refractivity contribution in [2.75, 3.05) is 0 Å². The molecule has 0 fully saturated rings. The van der Waals surface area contributed by atoms with Crippen molar-refractivity contribution in [1.29, 1.82) is 0 Å². The fourth-order valence-corrected chi connectivity index (χ4v) is 1.09. The van der Waals surface area contributed by atoms with Crippen LogP contribution in [0.3, 0.4) is 0 Å². The van der Waals surface area contributed by atoms with Crippen molar-refractivity contribution in [3.05, 3.63) is 42.2 Å². The average molecular weight is 233 g/mol. The standard InChI is InChI=1S/C9H6NO.Y/c11-7-8-3-4-9-2-1-5-10(9)6-8;/h1-6H;/q-1;. The molecule has 0 bridgehead atoms. The molecule has 2 aromatic heterocycles. The Morgan fingerprint density at radius 1 is 1.25 bits per heavy atom. The van der Waals surface area contributed by atoms with Gasteiger partial charge in [0.1, 0.15) is 0 Å². The van der Waals surface area contributed by atoms with Gasteiger partial charge in [-0.05, 0) is 18.3 Å². The van der Waals surface area contributed by atoms with E-state index in [4.69, 9.17) is 0 Å². The normalized spacial score (nSPS) is 9.33. The first kappa shape index (κ1) is 9.62. The van der Waals surface area contributed by atoms with Gasteiger partial charge in [-0.15, -0.1) is 5.56 Å². The van der Waals surface area contributed by atoms with E-state index in [1.54, 1.807) is 12.3 Å². The molecule has 0 aliphatic rings. The van der Waals surface area contributed by atoms with E-state index in [2.05, 4.69) is 0 Å². The van der Waals surface area contributed by atoms with Crippen LogP contribution in [-0.2, 0) is 37.5 Å². The molecule has 0 saturated carbocycles. The molecule has 3 heteroatoms. The molecule has 57 valence electrons. The van der Waals surface area contributed by atoms with E-state index in [1.807, 2.05) is 35.1 Å². The van der Waals surface area contributed by atoms with Crippen LogP contribution in [0.1, 0.15) is 5.56 Å². The van der Waals surface area contributed by atoms with Gasteiger partial charge in [-0.3, -0.25) is 0 Å². The first-order valence-corrected chi connectivity index (χ1v) is 3.35. The fraction of sp³-hybridized carbons (Fsp3) is 0. The minimum Gasteiger partial charge on any atom is -0.379 e. The first-order valence-electron chi connectivity index (χ1n) is 3.35. The Labute approximate surface area is 95.5 Å². The van der Waals surface area contributed by atoms with Crippen LogP contribution in [0.4, 0.5) is 0 Å². The van der Waals surface area contributed by atoms with Crippen molar-refractivity contribution in [3.8, 4) is 0 Å². The zero-order chi connectivity index (χ0) is 7.68. The van der Waals surface area contributed by atoms with Gasteiger partial charge in [0.2, 0.25) is 0 Å². The Kier molecular flexibility index (Phi) is 3.18.